The Balaban J connectivity index is 1.56. The number of unbranched alkanes of at least 4 members (excludes halogenated alkanes) is 1. The van der Waals surface area contributed by atoms with E-state index in [-0.39, 0.29) is 43.8 Å². The Morgan fingerprint density at radius 2 is 1.64 bits per heavy atom. The Labute approximate surface area is 283 Å². The Bertz CT molecular complexity index is 2080. The van der Waals surface area contributed by atoms with Crippen molar-refractivity contribution >= 4 is 62.1 Å². The molecule has 246 valence electrons. The summed E-state index contributed by atoms with van der Waals surface area (Å²) in [5.41, 5.74) is 12.5. The summed E-state index contributed by atoms with van der Waals surface area (Å²) in [5.74, 6) is -0.163. The van der Waals surface area contributed by atoms with Crippen LogP contribution in [0.25, 0.3) is 45.6 Å². The fourth-order valence-electron chi connectivity index (χ4n) is 5.39. The summed E-state index contributed by atoms with van der Waals surface area (Å²) in [4.78, 5) is 12.0. The normalized spacial score (nSPS) is 12.7. The van der Waals surface area contributed by atoms with E-state index in [2.05, 4.69) is 19.3 Å². The van der Waals surface area contributed by atoms with Crippen LogP contribution in [0, 0.1) is 0 Å². The molecule has 0 fully saturated rings. The summed E-state index contributed by atoms with van der Waals surface area (Å²) >= 11 is 12.4. The van der Waals surface area contributed by atoms with E-state index in [1.165, 1.54) is 30.3 Å². The predicted octanol–water partition coefficient (Wildman–Crippen LogP) is 8.19. The minimum absolute atomic E-state index is 0.00831. The zero-order chi connectivity index (χ0) is 33.9. The number of halogens is 2. The number of hydrazine groups is 1. The molecule has 1 atom stereocenters. The third kappa shape index (κ3) is 7.65. The second kappa shape index (κ2) is 14.5. The number of hydrogen-bond acceptors (Lipinski definition) is 8. The highest BCUT2D eigenvalue weighted by Gasteiger charge is 2.25. The molecule has 5 rings (SSSR count). The molecule has 0 radical (unpaired) electrons. The molecular weight excluding hydrogens is 661 g/mol. The first-order chi connectivity index (χ1) is 22.4. The summed E-state index contributed by atoms with van der Waals surface area (Å²) in [7, 11) is -4.76. The van der Waals surface area contributed by atoms with Crippen LogP contribution in [0.2, 0.25) is 10.0 Å². The maximum atomic E-state index is 12.8. The molecule has 1 aliphatic heterocycles. The fraction of sp³-hybridized carbons (Fsp3) is 0.229. The van der Waals surface area contributed by atoms with Crippen LogP contribution in [0.5, 0.6) is 5.75 Å². The van der Waals surface area contributed by atoms with E-state index < -0.39 is 15.5 Å². The van der Waals surface area contributed by atoms with Crippen molar-refractivity contribution in [2.75, 3.05) is 11.6 Å². The topological polar surface area (TPSA) is 146 Å². The maximum Gasteiger partial charge on any atom is 0.295 e. The van der Waals surface area contributed by atoms with Crippen molar-refractivity contribution in [1.29, 1.82) is 0 Å². The van der Waals surface area contributed by atoms with Crippen molar-refractivity contribution in [2.24, 2.45) is 5.73 Å². The van der Waals surface area contributed by atoms with E-state index in [1.807, 2.05) is 35.4 Å². The van der Waals surface area contributed by atoms with Gasteiger partial charge in [0.25, 0.3) is 10.1 Å². The standard InChI is InChI=1S/C35H35Cl2N3O6S/c1-3-5-15-39-40(34(38)6-4-2)23-12-9-21(10-13-23)7-8-22-11-14-24(33(16-22)47(43,44)45)35-25-17-27(36)29(41)19-31(25)46-32-20-30(42)28(37)18-26(32)35/h7-14,16-20,34,39,41H,3-6,15,38H2,1-2H3,(H,43,44,45)/b8-7-. The Morgan fingerprint density at radius 1 is 0.936 bits per heavy atom. The molecule has 5 N–H and O–H groups in total. The van der Waals surface area contributed by atoms with Crippen LogP contribution in [0.4, 0.5) is 5.69 Å². The summed E-state index contributed by atoms with van der Waals surface area (Å²) in [6.45, 7) is 5.04. The lowest BCUT2D eigenvalue weighted by Gasteiger charge is -2.31. The Kier molecular flexibility index (Phi) is 10.6. The predicted molar refractivity (Wildman–Crippen MR) is 190 cm³/mol. The lowest BCUT2D eigenvalue weighted by molar-refractivity contribution is 0.474. The average Bonchev–Trinajstić information content (AvgIpc) is 3.03. The number of benzene rings is 4. The summed E-state index contributed by atoms with van der Waals surface area (Å²) < 4.78 is 41.9. The van der Waals surface area contributed by atoms with Gasteiger partial charge in [0.1, 0.15) is 22.0 Å². The highest BCUT2D eigenvalue weighted by molar-refractivity contribution is 7.86. The summed E-state index contributed by atoms with van der Waals surface area (Å²) in [5, 5.41) is 12.4. The van der Waals surface area contributed by atoms with Gasteiger partial charge in [-0.1, -0.05) is 86.3 Å². The van der Waals surface area contributed by atoms with Gasteiger partial charge in [-0.05, 0) is 54.3 Å². The average molecular weight is 697 g/mol. The van der Waals surface area contributed by atoms with Gasteiger partial charge in [-0.3, -0.25) is 14.4 Å². The number of rotatable bonds is 12. The molecule has 2 aliphatic rings. The quantitative estimate of drug-likeness (QED) is 0.0253. The molecule has 1 heterocycles. The number of hydrogen-bond donors (Lipinski definition) is 4. The highest BCUT2D eigenvalue weighted by atomic mass is 35.5. The summed E-state index contributed by atoms with van der Waals surface area (Å²) in [6.07, 6.45) is 7.27. The largest absolute Gasteiger partial charge is 0.506 e. The molecule has 1 aliphatic carbocycles. The van der Waals surface area contributed by atoms with Crippen LogP contribution in [0.3, 0.4) is 0 Å². The molecule has 9 nitrogen and oxygen atoms in total. The lowest BCUT2D eigenvalue weighted by Crippen LogP contribution is -2.51. The van der Waals surface area contributed by atoms with Crippen molar-refractivity contribution in [3.05, 3.63) is 98.1 Å². The third-order valence-electron chi connectivity index (χ3n) is 7.76. The number of aromatic hydroxyl groups is 1. The molecule has 0 amide bonds. The number of nitrogens with two attached hydrogens (primary N) is 1. The molecule has 0 aromatic heterocycles. The fourth-order valence-corrected chi connectivity index (χ4v) is 6.45. The molecule has 1 unspecified atom stereocenters. The van der Waals surface area contributed by atoms with E-state index in [0.717, 1.165) is 43.5 Å². The molecule has 3 aromatic carbocycles. The monoisotopic (exact) mass is 695 g/mol. The smallest absolute Gasteiger partial charge is 0.295 e. The van der Waals surface area contributed by atoms with Gasteiger partial charge >= 0.3 is 0 Å². The molecule has 0 saturated heterocycles. The van der Waals surface area contributed by atoms with Gasteiger partial charge < -0.3 is 15.3 Å². The van der Waals surface area contributed by atoms with Crippen LogP contribution in [0.1, 0.15) is 50.7 Å². The maximum absolute atomic E-state index is 12.8. The van der Waals surface area contributed by atoms with Gasteiger partial charge in [0.05, 0.1) is 21.9 Å². The minimum atomic E-state index is -4.76. The zero-order valence-corrected chi connectivity index (χ0v) is 28.2. The van der Waals surface area contributed by atoms with Crippen molar-refractivity contribution in [3.63, 3.8) is 0 Å². The molecule has 47 heavy (non-hydrogen) atoms. The number of fused-ring (bicyclic) bond motifs is 2. The van der Waals surface area contributed by atoms with Crippen molar-refractivity contribution in [2.45, 2.75) is 50.6 Å². The molecule has 3 aromatic rings. The SMILES string of the molecule is CCCCNN(c1ccc(/C=C\c2ccc(-c3c4cc(Cl)c(=O)cc-4oc4cc(O)c(Cl)cc34)c(S(=O)(=O)O)c2)cc1)C(N)CCC. The second-order valence-corrected chi connectivity index (χ2v) is 13.4. The van der Waals surface area contributed by atoms with Gasteiger partial charge in [-0.15, -0.1) is 0 Å². The molecule has 0 bridgehead atoms. The minimum Gasteiger partial charge on any atom is -0.506 e. The van der Waals surface area contributed by atoms with E-state index >= 15 is 0 Å². The van der Waals surface area contributed by atoms with Crippen LogP contribution in [-0.2, 0) is 10.1 Å². The number of phenolic OH excluding ortho intramolecular Hbond substituents is 1. The zero-order valence-electron chi connectivity index (χ0n) is 25.8. The number of phenols is 1. The van der Waals surface area contributed by atoms with Crippen LogP contribution >= 0.6 is 23.2 Å². The van der Waals surface area contributed by atoms with Crippen LogP contribution in [0.15, 0.2) is 80.8 Å². The van der Waals surface area contributed by atoms with E-state index in [9.17, 15) is 22.9 Å². The van der Waals surface area contributed by atoms with Gasteiger partial charge in [0, 0.05) is 40.8 Å². The Hall–Kier alpha value is -3.90. The van der Waals surface area contributed by atoms with Crippen molar-refractivity contribution in [3.8, 4) is 28.2 Å². The summed E-state index contributed by atoms with van der Waals surface area (Å²) in [6, 6.07) is 17.7. The van der Waals surface area contributed by atoms with Crippen LogP contribution < -0.4 is 21.6 Å². The first-order valence-corrected chi connectivity index (χ1v) is 17.4. The van der Waals surface area contributed by atoms with Crippen LogP contribution in [-0.4, -0.2) is 30.8 Å². The van der Waals surface area contributed by atoms with Crippen molar-refractivity contribution < 1.29 is 22.5 Å². The molecule has 12 heteroatoms. The lowest BCUT2D eigenvalue weighted by atomic mass is 9.93. The van der Waals surface area contributed by atoms with Gasteiger partial charge in [0.15, 0.2) is 0 Å². The number of nitrogens with zero attached hydrogens (tertiary/aromatic N) is 1. The van der Waals surface area contributed by atoms with Gasteiger partial charge in [-0.25, -0.2) is 5.43 Å². The molecule has 0 saturated carbocycles. The van der Waals surface area contributed by atoms with E-state index in [4.69, 9.17) is 33.4 Å². The first kappa shape index (κ1) is 34.4. The number of nitrogens with one attached hydrogen (secondary N) is 1. The first-order valence-electron chi connectivity index (χ1n) is 15.2. The second-order valence-electron chi connectivity index (χ2n) is 11.2. The third-order valence-corrected chi connectivity index (χ3v) is 9.25. The number of anilines is 1. The molecule has 0 spiro atoms. The van der Waals surface area contributed by atoms with E-state index in [1.54, 1.807) is 18.2 Å². The van der Waals surface area contributed by atoms with Gasteiger partial charge in [-0.2, -0.15) is 8.42 Å². The van der Waals surface area contributed by atoms with Crippen molar-refractivity contribution in [1.82, 2.24) is 5.43 Å². The van der Waals surface area contributed by atoms with E-state index in [0.29, 0.717) is 22.1 Å². The Morgan fingerprint density at radius 3 is 2.32 bits per heavy atom. The molecular formula is C35H35Cl2N3O6S. The van der Waals surface area contributed by atoms with Gasteiger partial charge in [0.2, 0.25) is 5.43 Å². The highest BCUT2D eigenvalue weighted by Crippen LogP contribution is 2.45.